The summed E-state index contributed by atoms with van der Waals surface area (Å²) < 4.78 is 0. The Morgan fingerprint density at radius 3 is 2.60 bits per heavy atom. The summed E-state index contributed by atoms with van der Waals surface area (Å²) in [6, 6.07) is 0. The van der Waals surface area contributed by atoms with Crippen LogP contribution in [-0.4, -0.2) is 39.3 Å². The predicted molar refractivity (Wildman–Crippen MR) is 78.5 cm³/mol. The Bertz CT molecular complexity index is 421. The molecule has 1 aliphatic carbocycles. The highest BCUT2D eigenvalue weighted by molar-refractivity contribution is 5.83. The largest absolute Gasteiger partial charge is 0.342 e. The zero-order valence-electron chi connectivity index (χ0n) is 12.7. The lowest BCUT2D eigenvalue weighted by Crippen LogP contribution is -2.38. The van der Waals surface area contributed by atoms with Crippen LogP contribution < -0.4 is 0 Å². The Hall–Kier alpha value is -1.39. The van der Waals surface area contributed by atoms with Crippen LogP contribution in [0.2, 0.25) is 0 Å². The van der Waals surface area contributed by atoms with E-state index < -0.39 is 0 Å². The maximum absolute atomic E-state index is 12.8. The minimum Gasteiger partial charge on any atom is -0.342 e. The molecular weight excluding hydrogens is 252 g/mol. The number of carbonyl (C=O) groups is 1. The van der Waals surface area contributed by atoms with Gasteiger partial charge >= 0.3 is 0 Å². The Morgan fingerprint density at radius 2 is 1.95 bits per heavy atom. The summed E-state index contributed by atoms with van der Waals surface area (Å²) >= 11 is 0. The summed E-state index contributed by atoms with van der Waals surface area (Å²) in [6.07, 6.45) is 7.28. The van der Waals surface area contributed by atoms with Crippen molar-refractivity contribution in [3.63, 3.8) is 0 Å². The lowest BCUT2D eigenvalue weighted by Gasteiger charge is -2.28. The number of aromatic amines is 1. The highest BCUT2D eigenvalue weighted by Crippen LogP contribution is 2.30. The van der Waals surface area contributed by atoms with Crippen LogP contribution in [0.5, 0.6) is 0 Å². The van der Waals surface area contributed by atoms with Crippen LogP contribution in [0.1, 0.15) is 69.7 Å². The van der Waals surface area contributed by atoms with Crippen LogP contribution in [0.25, 0.3) is 0 Å². The number of nitrogens with one attached hydrogen (secondary N) is 1. The van der Waals surface area contributed by atoms with Gasteiger partial charge in [0.15, 0.2) is 0 Å². The highest BCUT2D eigenvalue weighted by atomic mass is 16.2. The summed E-state index contributed by atoms with van der Waals surface area (Å²) in [7, 11) is 0. The van der Waals surface area contributed by atoms with E-state index >= 15 is 0 Å². The number of hydrogen-bond donors (Lipinski definition) is 1. The molecule has 0 bridgehead atoms. The first-order chi connectivity index (χ1) is 9.77. The molecule has 20 heavy (non-hydrogen) atoms. The van der Waals surface area contributed by atoms with Crippen molar-refractivity contribution in [3.05, 3.63) is 11.4 Å². The van der Waals surface area contributed by atoms with Gasteiger partial charge in [0.25, 0.3) is 0 Å². The summed E-state index contributed by atoms with van der Waals surface area (Å²) in [5, 5.41) is 11.1. The molecule has 5 nitrogen and oxygen atoms in total. The van der Waals surface area contributed by atoms with Crippen LogP contribution in [0.3, 0.4) is 0 Å². The molecule has 1 aliphatic rings. The van der Waals surface area contributed by atoms with Gasteiger partial charge in [-0.15, -0.1) is 0 Å². The zero-order chi connectivity index (χ0) is 14.4. The first-order valence-electron chi connectivity index (χ1n) is 7.96. The number of hydrogen-bond acceptors (Lipinski definition) is 3. The molecule has 1 amide bonds. The number of carbonyl (C=O) groups excluding carboxylic acids is 1. The van der Waals surface area contributed by atoms with Gasteiger partial charge in [-0.05, 0) is 32.1 Å². The van der Waals surface area contributed by atoms with Gasteiger partial charge in [-0.2, -0.15) is 15.4 Å². The molecule has 1 aromatic rings. The van der Waals surface area contributed by atoms with Crippen LogP contribution in [-0.2, 0) is 11.2 Å². The minimum absolute atomic E-state index is 0.0776. The quantitative estimate of drug-likeness (QED) is 0.834. The van der Waals surface area contributed by atoms with E-state index in [1.807, 2.05) is 4.90 Å². The summed E-state index contributed by atoms with van der Waals surface area (Å²) in [5.74, 6) is 0.174. The Morgan fingerprint density at radius 1 is 1.25 bits per heavy atom. The number of nitrogens with zero attached hydrogens (tertiary/aromatic N) is 3. The molecule has 1 aromatic heterocycles. The Balaban J connectivity index is 2.07. The van der Waals surface area contributed by atoms with E-state index in [9.17, 15) is 4.79 Å². The van der Waals surface area contributed by atoms with E-state index in [1.54, 1.807) is 0 Å². The predicted octanol–water partition coefficient (Wildman–Crippen LogP) is 2.65. The molecule has 1 heterocycles. The molecule has 0 spiro atoms. The second kappa shape index (κ2) is 7.41. The maximum Gasteiger partial charge on any atom is 0.231 e. The van der Waals surface area contributed by atoms with Crippen molar-refractivity contribution in [2.24, 2.45) is 0 Å². The van der Waals surface area contributed by atoms with Gasteiger partial charge in [0.1, 0.15) is 0 Å². The van der Waals surface area contributed by atoms with E-state index in [2.05, 4.69) is 29.3 Å². The third kappa shape index (κ3) is 3.38. The number of unbranched alkanes of at least 4 members (excludes halogenated alkanes) is 2. The van der Waals surface area contributed by atoms with E-state index in [1.165, 1.54) is 0 Å². The maximum atomic E-state index is 12.8. The molecule has 2 rings (SSSR count). The summed E-state index contributed by atoms with van der Waals surface area (Å²) in [6.45, 7) is 6.08. The summed E-state index contributed by atoms with van der Waals surface area (Å²) in [4.78, 5) is 14.9. The van der Waals surface area contributed by atoms with Crippen molar-refractivity contribution in [2.75, 3.05) is 13.1 Å². The van der Waals surface area contributed by atoms with Crippen molar-refractivity contribution in [3.8, 4) is 0 Å². The second-order valence-electron chi connectivity index (χ2n) is 5.63. The van der Waals surface area contributed by atoms with Gasteiger partial charge in [0.05, 0.1) is 17.3 Å². The second-order valence-corrected chi connectivity index (χ2v) is 5.63. The van der Waals surface area contributed by atoms with Gasteiger partial charge in [-0.3, -0.25) is 4.79 Å². The number of H-pyrrole nitrogens is 1. The molecule has 1 N–H and O–H groups in total. The Kier molecular flexibility index (Phi) is 5.56. The molecule has 5 heteroatoms. The third-order valence-electron chi connectivity index (χ3n) is 4.06. The van der Waals surface area contributed by atoms with Gasteiger partial charge in [0, 0.05) is 13.1 Å². The average Bonchev–Trinajstić information content (AvgIpc) is 2.95. The standard InChI is InChI=1S/C15H26N4O/c1-3-5-10-19(11-6-4-2)15(20)12-8-7-9-13-14(12)17-18-16-13/h12H,3-11H2,1-2H3,(H,16,17,18). The number of rotatable bonds is 7. The van der Waals surface area contributed by atoms with Crippen molar-refractivity contribution in [1.82, 2.24) is 20.3 Å². The van der Waals surface area contributed by atoms with Crippen molar-refractivity contribution in [2.45, 2.75) is 64.7 Å². The van der Waals surface area contributed by atoms with Gasteiger partial charge in [-0.1, -0.05) is 26.7 Å². The highest BCUT2D eigenvalue weighted by Gasteiger charge is 2.32. The molecule has 1 unspecified atom stereocenters. The zero-order valence-corrected chi connectivity index (χ0v) is 12.7. The molecule has 0 aliphatic heterocycles. The van der Waals surface area contributed by atoms with E-state index in [4.69, 9.17) is 0 Å². The lowest BCUT2D eigenvalue weighted by atomic mass is 9.88. The van der Waals surface area contributed by atoms with Crippen LogP contribution in [0.15, 0.2) is 0 Å². The monoisotopic (exact) mass is 278 g/mol. The number of amides is 1. The first-order valence-corrected chi connectivity index (χ1v) is 7.96. The fourth-order valence-corrected chi connectivity index (χ4v) is 2.83. The van der Waals surface area contributed by atoms with Crippen LogP contribution >= 0.6 is 0 Å². The topological polar surface area (TPSA) is 61.9 Å². The molecule has 0 saturated carbocycles. The summed E-state index contributed by atoms with van der Waals surface area (Å²) in [5.41, 5.74) is 1.87. The van der Waals surface area contributed by atoms with Crippen LogP contribution in [0.4, 0.5) is 0 Å². The van der Waals surface area contributed by atoms with E-state index in [0.717, 1.165) is 69.4 Å². The molecule has 112 valence electrons. The normalized spacial score (nSPS) is 17.8. The van der Waals surface area contributed by atoms with E-state index in [0.29, 0.717) is 0 Å². The number of fused-ring (bicyclic) bond motifs is 1. The first kappa shape index (κ1) is 15.0. The molecular formula is C15H26N4O. The third-order valence-corrected chi connectivity index (χ3v) is 4.06. The Labute approximate surface area is 121 Å². The average molecular weight is 278 g/mol. The molecule has 1 atom stereocenters. The molecule has 0 aromatic carbocycles. The molecule has 0 fully saturated rings. The SMILES string of the molecule is CCCCN(CCCC)C(=O)C1CCCc2n[nH]nc21. The minimum atomic E-state index is -0.0776. The van der Waals surface area contributed by atoms with Crippen LogP contribution in [0, 0.1) is 0 Å². The smallest absolute Gasteiger partial charge is 0.231 e. The van der Waals surface area contributed by atoms with Gasteiger partial charge < -0.3 is 4.90 Å². The fraction of sp³-hybridized carbons (Fsp3) is 0.800. The molecule has 0 saturated heterocycles. The van der Waals surface area contributed by atoms with Crippen molar-refractivity contribution in [1.29, 1.82) is 0 Å². The fourth-order valence-electron chi connectivity index (χ4n) is 2.83. The van der Waals surface area contributed by atoms with Crippen molar-refractivity contribution >= 4 is 5.91 Å². The lowest BCUT2D eigenvalue weighted by molar-refractivity contribution is -0.133. The molecule has 0 radical (unpaired) electrons. The van der Waals surface area contributed by atoms with Gasteiger partial charge in [0.2, 0.25) is 5.91 Å². The van der Waals surface area contributed by atoms with Crippen molar-refractivity contribution < 1.29 is 4.79 Å². The number of aromatic nitrogens is 3. The van der Waals surface area contributed by atoms with Gasteiger partial charge in [-0.25, -0.2) is 0 Å². The number of aryl methyl sites for hydroxylation is 1. The van der Waals surface area contributed by atoms with E-state index in [-0.39, 0.29) is 11.8 Å².